The number of carbonyl (C=O) groups excluding carboxylic acids is 2. The third-order valence-electron chi connectivity index (χ3n) is 4.45. The monoisotopic (exact) mass is 404 g/mol. The fraction of sp³-hybridized carbons (Fsp3) is 0.167. The molecule has 3 rings (SSSR count). The minimum atomic E-state index is -0.378. The van der Waals surface area contributed by atoms with E-state index in [2.05, 4.69) is 10.6 Å². The number of amides is 2. The number of nitrogens with one attached hydrogen (secondary N) is 2. The first-order valence-electron chi connectivity index (χ1n) is 9.58. The summed E-state index contributed by atoms with van der Waals surface area (Å²) >= 11 is 0. The summed E-state index contributed by atoms with van der Waals surface area (Å²) in [5, 5.41) is 5.57. The number of ether oxygens (including phenoxy) is 2. The first-order valence-corrected chi connectivity index (χ1v) is 9.58. The van der Waals surface area contributed by atoms with E-state index in [1.807, 2.05) is 60.7 Å². The lowest BCUT2D eigenvalue weighted by molar-refractivity contribution is -0.127. The van der Waals surface area contributed by atoms with Crippen LogP contribution in [0.5, 0.6) is 11.5 Å². The van der Waals surface area contributed by atoms with E-state index in [9.17, 15) is 9.59 Å². The van der Waals surface area contributed by atoms with Crippen molar-refractivity contribution in [2.75, 3.05) is 20.3 Å². The van der Waals surface area contributed by atoms with Gasteiger partial charge in [0.05, 0.1) is 19.7 Å². The minimum absolute atomic E-state index is 0.138. The van der Waals surface area contributed by atoms with E-state index in [4.69, 9.17) is 9.47 Å². The van der Waals surface area contributed by atoms with Crippen molar-refractivity contribution in [3.05, 3.63) is 96.1 Å². The summed E-state index contributed by atoms with van der Waals surface area (Å²) < 4.78 is 10.5. The molecule has 6 nitrogen and oxygen atoms in total. The molecule has 154 valence electrons. The summed E-state index contributed by atoms with van der Waals surface area (Å²) in [5.74, 6) is 0.584. The molecule has 0 aliphatic heterocycles. The molecule has 0 unspecified atom stereocenters. The molecule has 0 saturated heterocycles. The van der Waals surface area contributed by atoms with Crippen LogP contribution in [0.25, 0.3) is 0 Å². The van der Waals surface area contributed by atoms with Gasteiger partial charge in [-0.25, -0.2) is 0 Å². The van der Waals surface area contributed by atoms with Crippen molar-refractivity contribution in [3.8, 4) is 11.5 Å². The maximum Gasteiger partial charge on any atom is 0.258 e. The molecule has 0 spiro atoms. The van der Waals surface area contributed by atoms with E-state index in [-0.39, 0.29) is 31.0 Å². The predicted octanol–water partition coefficient (Wildman–Crippen LogP) is 3.10. The highest BCUT2D eigenvalue weighted by molar-refractivity contribution is 5.85. The van der Waals surface area contributed by atoms with Crippen LogP contribution in [0.3, 0.4) is 0 Å². The molecule has 2 N–H and O–H groups in total. The van der Waals surface area contributed by atoms with Gasteiger partial charge in [0.2, 0.25) is 5.91 Å². The third kappa shape index (κ3) is 6.10. The zero-order valence-electron chi connectivity index (χ0n) is 16.7. The van der Waals surface area contributed by atoms with E-state index < -0.39 is 0 Å². The van der Waals surface area contributed by atoms with Crippen LogP contribution in [0.4, 0.5) is 0 Å². The molecular weight excluding hydrogens is 380 g/mol. The molecule has 2 amide bonds. The quantitative estimate of drug-likeness (QED) is 0.575. The normalized spacial score (nSPS) is 10.3. The highest BCUT2D eigenvalue weighted by Gasteiger charge is 2.17. The highest BCUT2D eigenvalue weighted by atomic mass is 16.5. The van der Waals surface area contributed by atoms with Gasteiger partial charge < -0.3 is 20.1 Å². The second-order valence-corrected chi connectivity index (χ2v) is 6.56. The van der Waals surface area contributed by atoms with E-state index in [1.54, 1.807) is 31.4 Å². The van der Waals surface area contributed by atoms with Gasteiger partial charge in [-0.3, -0.25) is 9.59 Å². The Morgan fingerprint density at radius 2 is 1.30 bits per heavy atom. The van der Waals surface area contributed by atoms with Crippen molar-refractivity contribution >= 4 is 11.8 Å². The lowest BCUT2D eigenvalue weighted by Gasteiger charge is -2.20. The van der Waals surface area contributed by atoms with Gasteiger partial charge in [-0.05, 0) is 35.4 Å². The topological polar surface area (TPSA) is 76.7 Å². The molecule has 0 saturated carbocycles. The molecule has 0 heterocycles. The lowest BCUT2D eigenvalue weighted by Crippen LogP contribution is -2.40. The van der Waals surface area contributed by atoms with Crippen molar-refractivity contribution in [3.63, 3.8) is 0 Å². The Labute approximate surface area is 175 Å². The van der Waals surface area contributed by atoms with E-state index in [1.165, 1.54) is 0 Å². The van der Waals surface area contributed by atoms with E-state index in [0.29, 0.717) is 11.5 Å². The number of methoxy groups -OCH3 is 1. The van der Waals surface area contributed by atoms with Gasteiger partial charge in [0.1, 0.15) is 11.5 Å². The summed E-state index contributed by atoms with van der Waals surface area (Å²) in [7, 11) is 1.58. The lowest BCUT2D eigenvalue weighted by atomic mass is 9.99. The molecule has 3 aromatic carbocycles. The highest BCUT2D eigenvalue weighted by Crippen LogP contribution is 2.21. The second-order valence-electron chi connectivity index (χ2n) is 6.56. The molecule has 6 heteroatoms. The second kappa shape index (κ2) is 10.7. The Kier molecular flexibility index (Phi) is 7.44. The first kappa shape index (κ1) is 20.9. The van der Waals surface area contributed by atoms with E-state index >= 15 is 0 Å². The minimum Gasteiger partial charge on any atom is -0.497 e. The average molecular weight is 404 g/mol. The SMILES string of the molecule is COc1ccc(OCC(=O)NCC(=O)NC(c2ccccc2)c2ccccc2)cc1. The van der Waals surface area contributed by atoms with Crippen LogP contribution >= 0.6 is 0 Å². The Hall–Kier alpha value is -3.80. The van der Waals surface area contributed by atoms with Crippen molar-refractivity contribution in [2.45, 2.75) is 6.04 Å². The van der Waals surface area contributed by atoms with Crippen LogP contribution in [-0.2, 0) is 9.59 Å². The standard InChI is InChI=1S/C24H24N2O4/c1-29-20-12-14-21(15-13-20)30-17-23(28)25-16-22(27)26-24(18-8-4-2-5-9-18)19-10-6-3-7-11-19/h2-15,24H,16-17H2,1H3,(H,25,28)(H,26,27). The maximum atomic E-state index is 12.5. The number of carbonyl (C=O) groups is 2. The fourth-order valence-corrected chi connectivity index (χ4v) is 2.91. The van der Waals surface area contributed by atoms with Crippen molar-refractivity contribution in [1.82, 2.24) is 10.6 Å². The van der Waals surface area contributed by atoms with Crippen molar-refractivity contribution in [1.29, 1.82) is 0 Å². The molecule has 3 aromatic rings. The Bertz CT molecular complexity index is 904. The molecular formula is C24H24N2O4. The zero-order chi connectivity index (χ0) is 21.2. The average Bonchev–Trinajstić information content (AvgIpc) is 2.81. The largest absolute Gasteiger partial charge is 0.497 e. The van der Waals surface area contributed by atoms with Gasteiger partial charge in [-0.15, -0.1) is 0 Å². The van der Waals surface area contributed by atoms with Crippen LogP contribution in [0.1, 0.15) is 17.2 Å². The van der Waals surface area contributed by atoms with E-state index in [0.717, 1.165) is 11.1 Å². The maximum absolute atomic E-state index is 12.5. The van der Waals surface area contributed by atoms with Crippen LogP contribution in [0, 0.1) is 0 Å². The van der Waals surface area contributed by atoms with Gasteiger partial charge in [0.15, 0.2) is 6.61 Å². The number of hydrogen-bond donors (Lipinski definition) is 2. The summed E-state index contributed by atoms with van der Waals surface area (Å²) in [5.41, 5.74) is 1.93. The van der Waals surface area contributed by atoms with Crippen molar-refractivity contribution in [2.24, 2.45) is 0 Å². The third-order valence-corrected chi connectivity index (χ3v) is 4.45. The Morgan fingerprint density at radius 3 is 1.83 bits per heavy atom. The zero-order valence-corrected chi connectivity index (χ0v) is 16.7. The van der Waals surface area contributed by atoms with Gasteiger partial charge in [0.25, 0.3) is 5.91 Å². The summed E-state index contributed by atoms with van der Waals surface area (Å²) in [6.07, 6.45) is 0. The fourth-order valence-electron chi connectivity index (χ4n) is 2.91. The molecule has 0 aliphatic carbocycles. The smallest absolute Gasteiger partial charge is 0.258 e. The number of benzene rings is 3. The van der Waals surface area contributed by atoms with Crippen LogP contribution < -0.4 is 20.1 Å². The number of hydrogen-bond acceptors (Lipinski definition) is 4. The molecule has 30 heavy (non-hydrogen) atoms. The molecule has 0 aromatic heterocycles. The summed E-state index contributed by atoms with van der Waals surface area (Å²) in [6.45, 7) is -0.318. The van der Waals surface area contributed by atoms with Gasteiger partial charge in [-0.2, -0.15) is 0 Å². The summed E-state index contributed by atoms with van der Waals surface area (Å²) in [4.78, 5) is 24.5. The summed E-state index contributed by atoms with van der Waals surface area (Å²) in [6, 6.07) is 26.0. The van der Waals surface area contributed by atoms with Crippen molar-refractivity contribution < 1.29 is 19.1 Å². The van der Waals surface area contributed by atoms with Gasteiger partial charge in [0, 0.05) is 0 Å². The Balaban J connectivity index is 1.52. The van der Waals surface area contributed by atoms with Gasteiger partial charge >= 0.3 is 0 Å². The first-order chi connectivity index (χ1) is 14.7. The van der Waals surface area contributed by atoms with Crippen LogP contribution in [0.2, 0.25) is 0 Å². The number of rotatable bonds is 9. The molecule has 0 radical (unpaired) electrons. The van der Waals surface area contributed by atoms with Crippen LogP contribution in [0.15, 0.2) is 84.9 Å². The molecule has 0 aliphatic rings. The Morgan fingerprint density at radius 1 is 0.767 bits per heavy atom. The molecule has 0 bridgehead atoms. The van der Waals surface area contributed by atoms with Crippen LogP contribution in [-0.4, -0.2) is 32.1 Å². The molecule has 0 fully saturated rings. The predicted molar refractivity (Wildman–Crippen MR) is 114 cm³/mol. The van der Waals surface area contributed by atoms with Gasteiger partial charge in [-0.1, -0.05) is 60.7 Å². The molecule has 0 atom stereocenters.